The van der Waals surface area contributed by atoms with Crippen LogP contribution in [0.4, 0.5) is 0 Å². The summed E-state index contributed by atoms with van der Waals surface area (Å²) in [4.78, 5) is 0. The molecule has 0 spiro atoms. The van der Waals surface area contributed by atoms with Gasteiger partial charge in [0.25, 0.3) is 0 Å². The van der Waals surface area contributed by atoms with Crippen molar-refractivity contribution in [3.8, 4) is 0 Å². The molecule has 0 saturated heterocycles. The molecule has 0 heterocycles. The van der Waals surface area contributed by atoms with Crippen LogP contribution >= 0.6 is 0 Å². The lowest BCUT2D eigenvalue weighted by Gasteiger charge is -2.02. The van der Waals surface area contributed by atoms with E-state index >= 15 is 0 Å². The highest BCUT2D eigenvalue weighted by Gasteiger charge is 1.97. The van der Waals surface area contributed by atoms with Crippen LogP contribution in [0.15, 0.2) is 48.5 Å². The van der Waals surface area contributed by atoms with Crippen LogP contribution in [0.1, 0.15) is 0 Å². The van der Waals surface area contributed by atoms with E-state index in [1.807, 2.05) is 0 Å². The normalized spacial score (nSPS) is 9.71. The van der Waals surface area contributed by atoms with Crippen LogP contribution in [0.25, 0.3) is 0 Å². The minimum Gasteiger partial charge on any atom is -0.344 e. The van der Waals surface area contributed by atoms with Gasteiger partial charge in [0.05, 0.1) is 0 Å². The van der Waals surface area contributed by atoms with Crippen LogP contribution in [0, 0.1) is 20.9 Å². The van der Waals surface area contributed by atoms with Gasteiger partial charge in [-0.1, -0.05) is 48.5 Å². The number of rotatable bonds is 0. The second kappa shape index (κ2) is 3.62. The number of benzene rings is 2. The minimum atomic E-state index is 0. The van der Waals surface area contributed by atoms with E-state index in [4.69, 9.17) is 0 Å². The lowest BCUT2D eigenvalue weighted by Crippen LogP contribution is -1.88. The van der Waals surface area contributed by atoms with Gasteiger partial charge in [0.1, 0.15) is 0 Å². The van der Waals surface area contributed by atoms with Crippen LogP contribution in [0.3, 0.4) is 0 Å². The molecule has 0 radical (unpaired) electrons. The van der Waals surface area contributed by atoms with Gasteiger partial charge in [-0.3, -0.25) is 0 Å². The molecular weight excluding hydrogens is 172 g/mol. The van der Waals surface area contributed by atoms with Crippen LogP contribution < -0.4 is 12.3 Å². The van der Waals surface area contributed by atoms with Gasteiger partial charge in [-0.25, -0.2) is 0 Å². The first kappa shape index (κ1) is 10.4. The van der Waals surface area contributed by atoms with Crippen molar-refractivity contribution in [2.24, 2.45) is 0 Å². The first-order chi connectivity index (χ1) is 5.97. The molecule has 0 unspecified atom stereocenters. The zero-order valence-corrected chi connectivity index (χ0v) is 8.03. The highest BCUT2D eigenvalue weighted by Crippen LogP contribution is 2.11. The standard InChI is InChI=1S/C12H8.2H3N/c1-2-6-10-9(5-1)11-7-3-4-8-12(10)11;;/h1-8H;2*1H3. The van der Waals surface area contributed by atoms with E-state index < -0.39 is 0 Å². The quantitative estimate of drug-likeness (QED) is 0.566. The molecule has 14 heavy (non-hydrogen) atoms. The van der Waals surface area contributed by atoms with E-state index in [1.165, 1.54) is 20.9 Å². The summed E-state index contributed by atoms with van der Waals surface area (Å²) < 4.78 is 0. The van der Waals surface area contributed by atoms with E-state index in [2.05, 4.69) is 48.5 Å². The Morgan fingerprint density at radius 1 is 0.429 bits per heavy atom. The number of hydrogen-bond donors (Lipinski definition) is 2. The fourth-order valence-corrected chi connectivity index (χ4v) is 1.84. The lowest BCUT2D eigenvalue weighted by atomic mass is 10.0. The summed E-state index contributed by atoms with van der Waals surface area (Å²) >= 11 is 0. The van der Waals surface area contributed by atoms with E-state index in [9.17, 15) is 0 Å². The van der Waals surface area contributed by atoms with Gasteiger partial charge >= 0.3 is 0 Å². The van der Waals surface area contributed by atoms with E-state index in [1.54, 1.807) is 0 Å². The zero-order valence-electron chi connectivity index (χ0n) is 8.03. The average molecular weight is 186 g/mol. The van der Waals surface area contributed by atoms with Crippen molar-refractivity contribution in [3.05, 3.63) is 69.4 Å². The Labute approximate surface area is 82.4 Å². The van der Waals surface area contributed by atoms with E-state index in [0.29, 0.717) is 0 Å². The molecule has 0 amide bonds. The molecule has 0 aliphatic heterocycles. The molecule has 0 fully saturated rings. The molecule has 0 atom stereocenters. The smallest absolute Gasteiger partial charge is 0.00990 e. The fraction of sp³-hybridized carbons (Fsp3) is 0. The summed E-state index contributed by atoms with van der Waals surface area (Å²) in [6.07, 6.45) is 0. The second-order valence-electron chi connectivity index (χ2n) is 3.09. The molecule has 2 heteroatoms. The molecule has 0 saturated carbocycles. The van der Waals surface area contributed by atoms with Crippen molar-refractivity contribution in [1.29, 1.82) is 0 Å². The molecule has 2 aromatic rings. The summed E-state index contributed by atoms with van der Waals surface area (Å²) in [5.41, 5.74) is 0. The predicted octanol–water partition coefficient (Wildman–Crippen LogP) is 2.90. The Morgan fingerprint density at radius 2 is 0.643 bits per heavy atom. The van der Waals surface area contributed by atoms with Crippen LogP contribution in [0.5, 0.6) is 0 Å². The molecule has 2 aromatic carbocycles. The van der Waals surface area contributed by atoms with Crippen molar-refractivity contribution in [2.75, 3.05) is 0 Å². The highest BCUT2D eigenvalue weighted by molar-refractivity contribution is 5.28. The van der Waals surface area contributed by atoms with Gasteiger partial charge in [0.15, 0.2) is 0 Å². The van der Waals surface area contributed by atoms with Crippen LogP contribution in [-0.4, -0.2) is 0 Å². The summed E-state index contributed by atoms with van der Waals surface area (Å²) in [5, 5.41) is 5.59. The Hall–Kier alpha value is -1.64. The Kier molecular flexibility index (Phi) is 2.70. The molecule has 0 bridgehead atoms. The van der Waals surface area contributed by atoms with Gasteiger partial charge in [-0.15, -0.1) is 0 Å². The SMILES string of the molecule is N.N.c1ccc2c(c1)=c1ccccc1=2. The fourth-order valence-electron chi connectivity index (χ4n) is 1.84. The molecule has 6 N–H and O–H groups in total. The maximum absolute atomic E-state index is 2.18. The van der Waals surface area contributed by atoms with Gasteiger partial charge in [-0.05, 0) is 20.9 Å². The summed E-state index contributed by atoms with van der Waals surface area (Å²) in [7, 11) is 0. The molecular formula is C12H14N2. The van der Waals surface area contributed by atoms with Gasteiger partial charge in [0, 0.05) is 0 Å². The van der Waals surface area contributed by atoms with Crippen molar-refractivity contribution < 1.29 is 0 Å². The second-order valence-corrected chi connectivity index (χ2v) is 3.09. The predicted molar refractivity (Wildman–Crippen MR) is 58.3 cm³/mol. The summed E-state index contributed by atoms with van der Waals surface area (Å²) in [6, 6.07) is 17.1. The van der Waals surface area contributed by atoms with Crippen molar-refractivity contribution in [1.82, 2.24) is 12.3 Å². The topological polar surface area (TPSA) is 70.0 Å². The first-order valence-corrected chi connectivity index (χ1v) is 4.15. The molecule has 1 aliphatic rings. The molecule has 2 nitrogen and oxygen atoms in total. The Bertz CT molecular complexity index is 483. The molecule has 0 aromatic heterocycles. The van der Waals surface area contributed by atoms with E-state index in [-0.39, 0.29) is 12.3 Å². The number of hydrogen-bond acceptors (Lipinski definition) is 2. The third-order valence-electron chi connectivity index (χ3n) is 2.43. The third kappa shape index (κ3) is 1.13. The van der Waals surface area contributed by atoms with Crippen LogP contribution in [-0.2, 0) is 0 Å². The third-order valence-corrected chi connectivity index (χ3v) is 2.43. The molecule has 3 rings (SSSR count). The van der Waals surface area contributed by atoms with E-state index in [0.717, 1.165) is 0 Å². The Morgan fingerprint density at radius 3 is 0.857 bits per heavy atom. The van der Waals surface area contributed by atoms with Crippen molar-refractivity contribution in [3.63, 3.8) is 0 Å². The Balaban J connectivity index is 0.000000490. The van der Waals surface area contributed by atoms with Crippen LogP contribution in [0.2, 0.25) is 0 Å². The maximum atomic E-state index is 2.18. The van der Waals surface area contributed by atoms with Gasteiger partial charge in [-0.2, -0.15) is 0 Å². The van der Waals surface area contributed by atoms with Crippen molar-refractivity contribution in [2.45, 2.75) is 0 Å². The first-order valence-electron chi connectivity index (χ1n) is 4.15. The maximum Gasteiger partial charge on any atom is -0.00990 e. The van der Waals surface area contributed by atoms with Gasteiger partial charge < -0.3 is 12.3 Å². The monoisotopic (exact) mass is 186 g/mol. The molecule has 72 valence electrons. The lowest BCUT2D eigenvalue weighted by molar-refractivity contribution is 1.29. The summed E-state index contributed by atoms with van der Waals surface area (Å²) in [6.45, 7) is 0. The zero-order chi connectivity index (χ0) is 7.97. The summed E-state index contributed by atoms with van der Waals surface area (Å²) in [5.74, 6) is 0. The number of fused-ring (bicyclic) bond motifs is 2. The van der Waals surface area contributed by atoms with Gasteiger partial charge in [0.2, 0.25) is 0 Å². The average Bonchev–Trinajstić information content (AvgIpc) is 2.14. The minimum absolute atomic E-state index is 0. The highest BCUT2D eigenvalue weighted by atomic mass is 14.0. The molecule has 1 aliphatic carbocycles. The largest absolute Gasteiger partial charge is 0.344 e. The van der Waals surface area contributed by atoms with Crippen molar-refractivity contribution >= 4 is 0 Å².